The first-order valence-corrected chi connectivity index (χ1v) is 11.3. The van der Waals surface area contributed by atoms with Gasteiger partial charge >= 0.3 is 0 Å². The summed E-state index contributed by atoms with van der Waals surface area (Å²) in [5.74, 6) is -4.49. The van der Waals surface area contributed by atoms with Gasteiger partial charge in [-0.2, -0.15) is 0 Å². The van der Waals surface area contributed by atoms with Crippen molar-refractivity contribution >= 4 is 12.0 Å². The number of methoxy groups -OCH3 is 1. The van der Waals surface area contributed by atoms with Crippen LogP contribution in [-0.4, -0.2) is 51.3 Å². The number of ether oxygens (including phenoxy) is 2. The van der Waals surface area contributed by atoms with Gasteiger partial charge in [0.05, 0.1) is 43.5 Å². The van der Waals surface area contributed by atoms with Crippen molar-refractivity contribution in [2.75, 3.05) is 13.7 Å². The van der Waals surface area contributed by atoms with Crippen LogP contribution < -0.4 is 4.74 Å². The van der Waals surface area contributed by atoms with Crippen LogP contribution in [0.1, 0.15) is 36.7 Å². The van der Waals surface area contributed by atoms with Crippen molar-refractivity contribution < 1.29 is 32.5 Å². The minimum atomic E-state index is -1.62. The largest absolute Gasteiger partial charge is 0.495 e. The molecule has 2 aromatic carbocycles. The summed E-state index contributed by atoms with van der Waals surface area (Å²) in [5.41, 5.74) is 2.13. The van der Waals surface area contributed by atoms with Crippen LogP contribution in [0.4, 0.5) is 13.2 Å². The number of halogens is 3. The van der Waals surface area contributed by atoms with E-state index in [0.717, 1.165) is 23.5 Å². The molecule has 1 saturated heterocycles. The van der Waals surface area contributed by atoms with E-state index < -0.39 is 41.6 Å². The highest BCUT2D eigenvalue weighted by molar-refractivity contribution is 5.97. The predicted octanol–water partition coefficient (Wildman–Crippen LogP) is 4.32. The van der Waals surface area contributed by atoms with Crippen LogP contribution in [0.15, 0.2) is 48.6 Å². The maximum atomic E-state index is 13.9. The summed E-state index contributed by atoms with van der Waals surface area (Å²) in [6, 6.07) is 5.76. The Hall–Kier alpha value is -3.79. The Morgan fingerprint density at radius 1 is 1.22 bits per heavy atom. The van der Waals surface area contributed by atoms with E-state index in [1.54, 1.807) is 25.4 Å². The first kappa shape index (κ1) is 25.3. The maximum Gasteiger partial charge on any atom is 0.289 e. The van der Waals surface area contributed by atoms with Crippen LogP contribution in [0.2, 0.25) is 0 Å². The number of aryl methyl sites for hydroxylation is 1. The zero-order valence-electron chi connectivity index (χ0n) is 20.2. The lowest BCUT2D eigenvalue weighted by molar-refractivity contribution is -0.145. The maximum absolute atomic E-state index is 13.9. The molecule has 7 nitrogen and oxygen atoms in total. The normalized spacial score (nSPS) is 18.8. The lowest BCUT2D eigenvalue weighted by Gasteiger charge is -2.39. The minimum absolute atomic E-state index is 0.0178. The highest BCUT2D eigenvalue weighted by Gasteiger charge is 2.37. The quantitative estimate of drug-likeness (QED) is 0.402. The number of carbonyl (C=O) groups is 1. The zero-order chi connectivity index (χ0) is 26.1. The van der Waals surface area contributed by atoms with Gasteiger partial charge in [0.2, 0.25) is 0 Å². The van der Waals surface area contributed by atoms with Gasteiger partial charge in [-0.1, -0.05) is 6.07 Å². The average Bonchev–Trinajstić information content (AvgIpc) is 3.26. The number of hydrogen-bond donors (Lipinski definition) is 1. The second-order valence-corrected chi connectivity index (χ2v) is 8.73. The number of amides is 1. The first-order chi connectivity index (χ1) is 17.1. The fraction of sp³-hybridized carbons (Fsp3) is 0.308. The van der Waals surface area contributed by atoms with Crippen molar-refractivity contribution in [2.45, 2.75) is 39.0 Å². The number of imidazole rings is 1. The lowest BCUT2D eigenvalue weighted by Crippen LogP contribution is -2.48. The summed E-state index contributed by atoms with van der Waals surface area (Å²) in [4.78, 5) is 18.9. The highest BCUT2D eigenvalue weighted by atomic mass is 19.2. The van der Waals surface area contributed by atoms with E-state index in [9.17, 15) is 23.1 Å². The van der Waals surface area contributed by atoms with Gasteiger partial charge in [0.1, 0.15) is 11.9 Å². The molecule has 10 heteroatoms. The SMILES string of the molecule is COc1cc(C=C2O[C@@H](C)CN([C@H](c3cc(F)c(F)c(F)c3)[C@@H](C)O)C2=O)ccc1-n1cnc(C)c1. The van der Waals surface area contributed by atoms with Crippen LogP contribution >= 0.6 is 0 Å². The number of aliphatic hydroxyl groups is 1. The third-order valence-corrected chi connectivity index (χ3v) is 5.89. The van der Waals surface area contributed by atoms with Crippen molar-refractivity contribution in [3.05, 3.63) is 82.9 Å². The number of carbonyl (C=O) groups excluding carboxylic acids is 1. The van der Waals surface area contributed by atoms with Crippen molar-refractivity contribution in [3.63, 3.8) is 0 Å². The Morgan fingerprint density at radius 2 is 1.92 bits per heavy atom. The Balaban J connectivity index is 1.69. The van der Waals surface area contributed by atoms with E-state index in [-0.39, 0.29) is 17.9 Å². The standard InChI is InChI=1S/C26H26F3N3O4/c1-14-11-31(13-30-14)21-6-5-17(7-22(21)35-4)8-23-26(34)32(12-15(2)36-23)25(16(3)33)18-9-19(27)24(29)20(28)10-18/h5-11,13,15-16,25,33H,12H2,1-4H3/t15-,16+,25-/m0/s1. The molecule has 0 bridgehead atoms. The Bertz CT molecular complexity index is 1300. The van der Waals surface area contributed by atoms with Crippen LogP contribution in [0, 0.1) is 24.4 Å². The molecule has 0 saturated carbocycles. The smallest absolute Gasteiger partial charge is 0.289 e. The molecule has 0 unspecified atom stereocenters. The minimum Gasteiger partial charge on any atom is -0.495 e. The fourth-order valence-corrected chi connectivity index (χ4v) is 4.31. The van der Waals surface area contributed by atoms with Gasteiger partial charge in [0, 0.05) is 6.20 Å². The molecule has 36 heavy (non-hydrogen) atoms. The highest BCUT2D eigenvalue weighted by Crippen LogP contribution is 2.33. The van der Waals surface area contributed by atoms with Crippen molar-refractivity contribution in [2.24, 2.45) is 0 Å². The van der Waals surface area contributed by atoms with Crippen LogP contribution in [0.3, 0.4) is 0 Å². The molecular formula is C26H26F3N3O4. The molecule has 1 aliphatic heterocycles. The molecule has 1 N–H and O–H groups in total. The zero-order valence-corrected chi connectivity index (χ0v) is 20.2. The van der Waals surface area contributed by atoms with Gasteiger partial charge < -0.3 is 24.0 Å². The molecule has 0 spiro atoms. The average molecular weight is 502 g/mol. The summed E-state index contributed by atoms with van der Waals surface area (Å²) in [5, 5.41) is 10.4. The number of morpholine rings is 1. The van der Waals surface area contributed by atoms with Crippen LogP contribution in [0.25, 0.3) is 11.8 Å². The molecule has 1 aliphatic rings. The Kier molecular flexibility index (Phi) is 7.07. The fourth-order valence-electron chi connectivity index (χ4n) is 4.31. The molecular weight excluding hydrogens is 475 g/mol. The van der Waals surface area contributed by atoms with Crippen molar-refractivity contribution in [1.29, 1.82) is 0 Å². The Labute approximate surface area is 206 Å². The number of aliphatic hydroxyl groups excluding tert-OH is 1. The number of rotatable bonds is 6. The van der Waals surface area contributed by atoms with Crippen LogP contribution in [-0.2, 0) is 9.53 Å². The number of aromatic nitrogens is 2. The van der Waals surface area contributed by atoms with Gasteiger partial charge in [-0.15, -0.1) is 0 Å². The first-order valence-electron chi connectivity index (χ1n) is 11.3. The second-order valence-electron chi connectivity index (χ2n) is 8.73. The summed E-state index contributed by atoms with van der Waals surface area (Å²) in [7, 11) is 1.53. The van der Waals surface area contributed by atoms with E-state index in [0.29, 0.717) is 11.3 Å². The summed E-state index contributed by atoms with van der Waals surface area (Å²) in [6.45, 7) is 5.04. The predicted molar refractivity (Wildman–Crippen MR) is 126 cm³/mol. The molecule has 3 atom stereocenters. The van der Waals surface area contributed by atoms with Crippen molar-refractivity contribution in [3.8, 4) is 11.4 Å². The van der Waals surface area contributed by atoms with Gasteiger partial charge in [-0.05, 0) is 62.2 Å². The molecule has 0 aliphatic carbocycles. The number of benzene rings is 2. The van der Waals surface area contributed by atoms with E-state index in [1.807, 2.05) is 23.8 Å². The van der Waals surface area contributed by atoms with E-state index >= 15 is 0 Å². The number of hydrogen-bond acceptors (Lipinski definition) is 5. The van der Waals surface area contributed by atoms with E-state index in [2.05, 4.69) is 4.98 Å². The molecule has 4 rings (SSSR count). The van der Waals surface area contributed by atoms with Gasteiger partial charge in [0.25, 0.3) is 5.91 Å². The molecule has 190 valence electrons. The van der Waals surface area contributed by atoms with Crippen LogP contribution in [0.5, 0.6) is 5.75 Å². The molecule has 0 radical (unpaired) electrons. The summed E-state index contributed by atoms with van der Waals surface area (Å²) >= 11 is 0. The van der Waals surface area contributed by atoms with Gasteiger partial charge in [-0.25, -0.2) is 18.2 Å². The van der Waals surface area contributed by atoms with Gasteiger partial charge in [0.15, 0.2) is 23.2 Å². The molecule has 3 aromatic rings. The lowest BCUT2D eigenvalue weighted by atomic mass is 9.98. The van der Waals surface area contributed by atoms with E-state index in [4.69, 9.17) is 9.47 Å². The molecule has 2 heterocycles. The Morgan fingerprint density at radius 3 is 2.50 bits per heavy atom. The third-order valence-electron chi connectivity index (χ3n) is 5.89. The molecule has 1 amide bonds. The second kappa shape index (κ2) is 10.1. The monoisotopic (exact) mass is 501 g/mol. The van der Waals surface area contributed by atoms with E-state index in [1.165, 1.54) is 25.0 Å². The van der Waals surface area contributed by atoms with Gasteiger partial charge in [-0.3, -0.25) is 4.79 Å². The summed E-state index contributed by atoms with van der Waals surface area (Å²) < 4.78 is 54.5. The topological polar surface area (TPSA) is 76.8 Å². The number of nitrogens with zero attached hydrogens (tertiary/aromatic N) is 3. The summed E-state index contributed by atoms with van der Waals surface area (Å²) in [6.07, 6.45) is 3.35. The molecule has 1 fully saturated rings. The van der Waals surface area contributed by atoms with Crippen molar-refractivity contribution in [1.82, 2.24) is 14.5 Å². The third kappa shape index (κ3) is 4.94. The molecule has 1 aromatic heterocycles.